The first kappa shape index (κ1) is 191. The molecule has 1 amide bonds. The van der Waals surface area contributed by atoms with Crippen LogP contribution in [0, 0.1) is 13.8 Å². The summed E-state index contributed by atoms with van der Waals surface area (Å²) in [5.74, 6) is -0.286. The zero-order chi connectivity index (χ0) is 9.40. The van der Waals surface area contributed by atoms with Gasteiger partial charge in [-0.3, -0.25) is 0 Å². The molecule has 2 nitrogen and oxygen atoms in total. The van der Waals surface area contributed by atoms with Gasteiger partial charge in [-0.2, -0.15) is 6.92 Å². The van der Waals surface area contributed by atoms with Crippen LogP contribution in [0.15, 0.2) is 30.3 Å². The number of anilines is 1. The van der Waals surface area contributed by atoms with Crippen molar-refractivity contribution >= 4 is 11.6 Å². The number of nitrogens with one attached hydrogen (secondary N) is 1. The van der Waals surface area contributed by atoms with Crippen molar-refractivity contribution in [3.8, 4) is 0 Å². The third-order valence-corrected chi connectivity index (χ3v) is 1.06. The predicted molar refractivity (Wildman–Crippen MR) is 51.5 cm³/mol. The van der Waals surface area contributed by atoms with Crippen LogP contribution in [0.4, 0.5) is 5.69 Å². The molecule has 0 spiro atoms. The van der Waals surface area contributed by atoms with Gasteiger partial charge in [0.15, 0.2) is 0 Å². The molecular formula is C10H13NOY27-2. The summed E-state index contributed by atoms with van der Waals surface area (Å²) in [6.45, 7) is 8.18. The number of benzene rings is 1. The topological polar surface area (TPSA) is 29.1 Å². The van der Waals surface area contributed by atoms with E-state index in [0.29, 0.717) is 0 Å². The second-order valence-corrected chi connectivity index (χ2v) is 1.91. The number of hydrogen-bond acceptors (Lipinski definition) is 1. The molecule has 0 atom stereocenters. The Bertz CT molecular complexity index is 253. The normalized spacial score (nSPS) is 2.41. The Morgan fingerprint density at radius 1 is 0.410 bits per heavy atom. The molecule has 0 aliphatic heterocycles. The van der Waals surface area contributed by atoms with Crippen LogP contribution in [0.5, 0.6) is 0 Å². The van der Waals surface area contributed by atoms with E-state index in [4.69, 9.17) is 0 Å². The van der Waals surface area contributed by atoms with Crippen molar-refractivity contribution in [2.24, 2.45) is 0 Å². The Kier molecular flexibility index (Phi) is 854. The third-order valence-electron chi connectivity index (χ3n) is 1.06. The Hall–Kier alpha value is 28.4. The van der Waals surface area contributed by atoms with Gasteiger partial charge in [0.2, 0.25) is 0 Å². The second kappa shape index (κ2) is 174. The molecule has 39 heavy (non-hydrogen) atoms. The molecule has 0 aliphatic rings. The predicted octanol–water partition coefficient (Wildman–Crippen LogP) is 2.23. The van der Waals surface area contributed by atoms with Gasteiger partial charge < -0.3 is 24.0 Å². The summed E-state index contributed by atoms with van der Waals surface area (Å²) in [4.78, 5) is 10.4. The van der Waals surface area contributed by atoms with Crippen LogP contribution in [0.3, 0.4) is 0 Å². The first-order valence-electron chi connectivity index (χ1n) is 3.68. The molecule has 1 N–H and O–H groups in total. The largest absolute Gasteiger partial charge is 0.351 e. The van der Waals surface area contributed by atoms with Crippen molar-refractivity contribution in [3.63, 3.8) is 0 Å². The van der Waals surface area contributed by atoms with Crippen molar-refractivity contribution in [3.05, 3.63) is 44.2 Å². The van der Waals surface area contributed by atoms with E-state index in [2.05, 4.69) is 19.2 Å². The molecular weight excluding hydrogens is 2550 g/mol. The van der Waals surface area contributed by atoms with E-state index in [1.54, 1.807) is 6.92 Å². The monoisotopic (exact) mass is 2560 g/mol. The molecule has 0 saturated heterocycles. The number of amides is 1. The zero-order valence-electron chi connectivity index (χ0n) is 22.8. The molecule has 0 heterocycles. The maximum absolute atomic E-state index is 10.4. The van der Waals surface area contributed by atoms with Gasteiger partial charge in [-0.05, 0) is 12.1 Å². The molecule has 0 unspecified atom stereocenters. The Labute approximate surface area is 921 Å². The number of hydrogen-bond donors (Lipinski definition) is 1. The molecule has 1 aromatic carbocycles. The number of para-hydroxylation sites is 1. The molecule has 0 aliphatic carbocycles. The summed E-state index contributed by atoms with van der Waals surface area (Å²) in [7, 11) is 0. The Balaban J connectivity index is -0.00000000157. The smallest absolute Gasteiger partial charge is 0.0841 e. The summed E-state index contributed by atoms with van der Waals surface area (Å²) in [5.41, 5.74) is 0.780. The molecule has 0 saturated carbocycles. The average Bonchev–Trinajstić information content (AvgIpc) is 2.08. The van der Waals surface area contributed by atoms with Crippen LogP contribution in [0.1, 0.15) is 6.92 Å². The Morgan fingerprint density at radius 3 is 0.692 bits per heavy atom. The molecule has 27 radical (unpaired) electrons. The van der Waals surface area contributed by atoms with Gasteiger partial charge in [-0.1, -0.05) is 18.2 Å². The molecule has 0 fully saturated rings. The van der Waals surface area contributed by atoms with E-state index in [0.717, 1.165) is 5.69 Å². The second-order valence-electron chi connectivity index (χ2n) is 1.91. The van der Waals surface area contributed by atoms with Crippen LogP contribution in [-0.2, 0) is 888 Å². The minimum Gasteiger partial charge on any atom is -0.351 e. The van der Waals surface area contributed by atoms with Crippen molar-refractivity contribution in [1.82, 2.24) is 0 Å². The molecule has 1 aromatic rings. The van der Waals surface area contributed by atoms with Crippen LogP contribution in [0.2, 0.25) is 0 Å². The summed E-state index contributed by atoms with van der Waals surface area (Å²) >= 11 is 0. The fourth-order valence-corrected chi connectivity index (χ4v) is 0.682. The van der Waals surface area contributed by atoms with Crippen molar-refractivity contribution in [2.75, 3.05) is 5.32 Å². The van der Waals surface area contributed by atoms with Crippen LogP contribution in [-0.4, -0.2) is 5.91 Å². The average molecular weight is 2560 g/mol. The summed E-state index contributed by atoms with van der Waals surface area (Å²) in [5, 5.41) is 2.55. The quantitative estimate of drug-likeness (QED) is 0.431. The first-order chi connectivity index (χ1) is 5.79. The number of carbonyl (C=O) groups is 1. The SMILES string of the molecule is [CH2-]C.[CH2-]C(=O)Nc1ccccc1.[Y].[Y].[Y].[Y].[Y].[Y].[Y].[Y].[Y].[Y].[Y].[Y].[Y].[Y].[Y].[Y].[Y].[Y].[Y].[Y].[Y].[Y].[Y].[Y].[Y].[Y].[Y]. The van der Waals surface area contributed by atoms with Crippen molar-refractivity contribution in [2.45, 2.75) is 6.92 Å². The standard InChI is InChI=1S/C8H8NO.C2H5.27Y/c1-7(10)9-8-5-3-2-4-6-8;1-2;;;;;;;;;;;;;;;;;;;;;;;;;;;/h2-6H,1H2,(H,9,10);1H2,2H3;;;;;;;;;;;;;;;;;;;;;;;;;;;/q2*-1;;;;;;;;;;;;;;;;;;;;;;;;;;;. The van der Waals surface area contributed by atoms with Gasteiger partial charge in [0.25, 0.3) is 0 Å². The fourth-order valence-electron chi connectivity index (χ4n) is 0.682. The zero-order valence-corrected chi connectivity index (χ0v) is 99.4. The van der Waals surface area contributed by atoms with Gasteiger partial charge in [0, 0.05) is 889 Å². The van der Waals surface area contributed by atoms with Gasteiger partial charge >= 0.3 is 0 Å². The van der Waals surface area contributed by atoms with Crippen LogP contribution in [0.25, 0.3) is 0 Å². The maximum atomic E-state index is 10.4. The molecule has 0 bridgehead atoms. The Morgan fingerprint density at radius 2 is 0.564 bits per heavy atom. The van der Waals surface area contributed by atoms with E-state index in [9.17, 15) is 4.79 Å². The van der Waals surface area contributed by atoms with Crippen molar-refractivity contribution in [1.29, 1.82) is 0 Å². The summed E-state index contributed by atoms with van der Waals surface area (Å²) < 4.78 is 0. The minimum atomic E-state index is -0.286. The molecule has 147 valence electrons. The van der Waals surface area contributed by atoms with E-state index >= 15 is 0 Å². The van der Waals surface area contributed by atoms with Crippen LogP contribution >= 0.6 is 0 Å². The van der Waals surface area contributed by atoms with Gasteiger partial charge in [0.05, 0.1) is 5.91 Å². The van der Waals surface area contributed by atoms with Gasteiger partial charge in [-0.25, -0.2) is 0 Å². The fraction of sp³-hybridized carbons (Fsp3) is 0.100. The number of carbonyl (C=O) groups excluding carboxylic acids is 1. The molecule has 1 rings (SSSR count). The van der Waals surface area contributed by atoms with Gasteiger partial charge in [0.1, 0.15) is 0 Å². The van der Waals surface area contributed by atoms with E-state index in [1.807, 2.05) is 30.3 Å². The van der Waals surface area contributed by atoms with Crippen molar-refractivity contribution < 1.29 is 888 Å². The third kappa shape index (κ3) is 169. The maximum Gasteiger partial charge on any atom is 0.0841 e. The van der Waals surface area contributed by atoms with Crippen LogP contribution < -0.4 is 5.32 Å². The summed E-state index contributed by atoms with van der Waals surface area (Å²) in [6, 6.07) is 9.21. The van der Waals surface area contributed by atoms with E-state index in [-0.39, 0.29) is 889 Å². The van der Waals surface area contributed by atoms with Gasteiger partial charge in [-0.15, -0.1) is 0 Å². The number of rotatable bonds is 1. The molecule has 0 aromatic heterocycles. The van der Waals surface area contributed by atoms with E-state index in [1.165, 1.54) is 0 Å². The van der Waals surface area contributed by atoms with E-state index < -0.39 is 0 Å². The first-order valence-corrected chi connectivity index (χ1v) is 3.68. The summed E-state index contributed by atoms with van der Waals surface area (Å²) in [6.07, 6.45) is 0. The minimum absolute atomic E-state index is 0. The molecule has 29 heteroatoms.